The van der Waals surface area contributed by atoms with E-state index >= 15 is 0 Å². The molecular formula is C11H22N2OS. The van der Waals surface area contributed by atoms with Gasteiger partial charge in [0.2, 0.25) is 0 Å². The van der Waals surface area contributed by atoms with E-state index in [1.165, 1.54) is 19.3 Å². The largest absolute Gasteiger partial charge is 0.393 e. The number of nitrogens with zero attached hydrogens (tertiary/aromatic N) is 1. The zero-order valence-electron chi connectivity index (χ0n) is 9.58. The van der Waals surface area contributed by atoms with Crippen LogP contribution in [-0.2, 0) is 4.74 Å². The van der Waals surface area contributed by atoms with Crippen LogP contribution in [-0.4, -0.2) is 42.7 Å². The van der Waals surface area contributed by atoms with Gasteiger partial charge in [0.05, 0.1) is 4.99 Å². The topological polar surface area (TPSA) is 38.5 Å². The van der Waals surface area contributed by atoms with E-state index in [-0.39, 0.29) is 0 Å². The molecule has 1 rings (SSSR count). The second-order valence-corrected chi connectivity index (χ2v) is 4.77. The van der Waals surface area contributed by atoms with Crippen LogP contribution in [0.4, 0.5) is 0 Å². The lowest BCUT2D eigenvalue weighted by Gasteiger charge is -2.31. The predicted octanol–water partition coefficient (Wildman–Crippen LogP) is 1.55. The molecule has 0 radical (unpaired) electrons. The summed E-state index contributed by atoms with van der Waals surface area (Å²) in [5.41, 5.74) is 5.45. The molecule has 0 amide bonds. The number of hydrogen-bond donors (Lipinski definition) is 1. The van der Waals surface area contributed by atoms with Crippen molar-refractivity contribution in [1.29, 1.82) is 0 Å². The molecule has 1 aliphatic rings. The first-order chi connectivity index (χ1) is 7.20. The Morgan fingerprint density at radius 2 is 2.07 bits per heavy atom. The zero-order valence-corrected chi connectivity index (χ0v) is 10.4. The third kappa shape index (κ3) is 5.44. The van der Waals surface area contributed by atoms with Gasteiger partial charge >= 0.3 is 0 Å². The Hall–Kier alpha value is -0.190. The molecule has 0 aliphatic carbocycles. The minimum absolute atomic E-state index is 0.642. The van der Waals surface area contributed by atoms with Crippen molar-refractivity contribution in [3.63, 3.8) is 0 Å². The van der Waals surface area contributed by atoms with Crippen LogP contribution in [0.25, 0.3) is 0 Å². The summed E-state index contributed by atoms with van der Waals surface area (Å²) in [5, 5.41) is 0. The normalized spacial score (nSPS) is 18.3. The van der Waals surface area contributed by atoms with Crippen molar-refractivity contribution in [2.75, 3.05) is 26.8 Å². The predicted molar refractivity (Wildman–Crippen MR) is 67.1 cm³/mol. The van der Waals surface area contributed by atoms with Crippen molar-refractivity contribution >= 4 is 17.2 Å². The van der Waals surface area contributed by atoms with Crippen LogP contribution in [0.1, 0.15) is 32.1 Å². The Bertz CT molecular complexity index is 193. The Kier molecular flexibility index (Phi) is 6.13. The zero-order chi connectivity index (χ0) is 11.1. The minimum atomic E-state index is 0.642. The van der Waals surface area contributed by atoms with Crippen molar-refractivity contribution < 1.29 is 4.74 Å². The molecule has 1 fully saturated rings. The number of rotatable bonds is 6. The summed E-state index contributed by atoms with van der Waals surface area (Å²) in [6.07, 6.45) is 5.53. The van der Waals surface area contributed by atoms with Crippen molar-refractivity contribution in [3.05, 3.63) is 0 Å². The van der Waals surface area contributed by atoms with Crippen molar-refractivity contribution in [2.45, 2.75) is 38.1 Å². The fourth-order valence-corrected chi connectivity index (χ4v) is 2.11. The number of nitrogens with two attached hydrogens (primary N) is 1. The highest BCUT2D eigenvalue weighted by molar-refractivity contribution is 7.80. The monoisotopic (exact) mass is 230 g/mol. The van der Waals surface area contributed by atoms with E-state index < -0.39 is 0 Å². The van der Waals surface area contributed by atoms with E-state index in [2.05, 4.69) is 11.9 Å². The molecule has 88 valence electrons. The van der Waals surface area contributed by atoms with E-state index in [1.54, 1.807) is 0 Å². The molecule has 0 atom stereocenters. The van der Waals surface area contributed by atoms with Gasteiger partial charge in [0.1, 0.15) is 0 Å². The molecule has 0 unspecified atom stereocenters. The minimum Gasteiger partial charge on any atom is -0.393 e. The van der Waals surface area contributed by atoms with Crippen LogP contribution < -0.4 is 5.73 Å². The summed E-state index contributed by atoms with van der Waals surface area (Å²) in [6, 6.07) is 0.712. The fraction of sp³-hybridized carbons (Fsp3) is 0.909. The van der Waals surface area contributed by atoms with Crippen LogP contribution in [0.3, 0.4) is 0 Å². The molecule has 0 saturated carbocycles. The molecule has 0 aromatic heterocycles. The summed E-state index contributed by atoms with van der Waals surface area (Å²) >= 11 is 4.85. The summed E-state index contributed by atoms with van der Waals surface area (Å²) in [5.74, 6) is 0. The van der Waals surface area contributed by atoms with Crippen molar-refractivity contribution in [2.24, 2.45) is 5.73 Å². The van der Waals surface area contributed by atoms with E-state index in [0.717, 1.165) is 32.6 Å². The lowest BCUT2D eigenvalue weighted by atomic mass is 10.1. The van der Waals surface area contributed by atoms with Crippen LogP contribution in [0.15, 0.2) is 0 Å². The average Bonchev–Trinajstić information content (AvgIpc) is 2.25. The molecule has 3 nitrogen and oxygen atoms in total. The number of hydrogen-bond acceptors (Lipinski definition) is 3. The second kappa shape index (κ2) is 7.14. The smallest absolute Gasteiger partial charge is 0.0727 e. The maximum absolute atomic E-state index is 5.45. The van der Waals surface area contributed by atoms with Gasteiger partial charge in [-0.2, -0.15) is 0 Å². The molecule has 1 saturated heterocycles. The Labute approximate surface area is 98.0 Å². The van der Waals surface area contributed by atoms with Crippen LogP contribution in [0, 0.1) is 0 Å². The number of unbranched alkanes of at least 4 members (excludes halogenated alkanes) is 1. The van der Waals surface area contributed by atoms with Crippen LogP contribution >= 0.6 is 12.2 Å². The van der Waals surface area contributed by atoms with Gasteiger partial charge in [-0.1, -0.05) is 12.2 Å². The van der Waals surface area contributed by atoms with Gasteiger partial charge in [-0.05, 0) is 45.7 Å². The third-order valence-electron chi connectivity index (χ3n) is 3.00. The van der Waals surface area contributed by atoms with E-state index in [4.69, 9.17) is 22.7 Å². The Morgan fingerprint density at radius 3 is 2.67 bits per heavy atom. The Morgan fingerprint density at radius 1 is 1.40 bits per heavy atom. The highest BCUT2D eigenvalue weighted by atomic mass is 32.1. The van der Waals surface area contributed by atoms with Gasteiger partial charge in [-0.25, -0.2) is 0 Å². The van der Waals surface area contributed by atoms with Gasteiger partial charge in [0, 0.05) is 19.3 Å². The lowest BCUT2D eigenvalue weighted by molar-refractivity contribution is 0.0427. The standard InChI is InChI=1S/C11H22N2OS/c1-13(7-3-2-4-11(12)15)10-5-8-14-9-6-10/h10H,2-9H2,1H3,(H2,12,15). The first kappa shape index (κ1) is 12.9. The third-order valence-corrected chi connectivity index (χ3v) is 3.20. The molecule has 0 spiro atoms. The van der Waals surface area contributed by atoms with Gasteiger partial charge < -0.3 is 15.4 Å². The molecule has 0 aromatic carbocycles. The molecule has 1 aliphatic heterocycles. The SMILES string of the molecule is CN(CCCCC(N)=S)C1CCOCC1. The maximum Gasteiger partial charge on any atom is 0.0727 e. The van der Waals surface area contributed by atoms with E-state index in [9.17, 15) is 0 Å². The van der Waals surface area contributed by atoms with Crippen molar-refractivity contribution in [3.8, 4) is 0 Å². The van der Waals surface area contributed by atoms with Gasteiger partial charge in [0.15, 0.2) is 0 Å². The van der Waals surface area contributed by atoms with Crippen LogP contribution in [0.2, 0.25) is 0 Å². The molecule has 0 aromatic rings. The molecule has 2 N–H and O–H groups in total. The summed E-state index contributed by atoms with van der Waals surface area (Å²) in [4.78, 5) is 3.09. The molecule has 1 heterocycles. The fourth-order valence-electron chi connectivity index (χ4n) is 1.97. The first-order valence-electron chi connectivity index (χ1n) is 5.76. The molecule has 0 bridgehead atoms. The summed E-state index contributed by atoms with van der Waals surface area (Å²) in [6.45, 7) is 2.98. The van der Waals surface area contributed by atoms with Gasteiger partial charge in [-0.15, -0.1) is 0 Å². The van der Waals surface area contributed by atoms with Crippen LogP contribution in [0.5, 0.6) is 0 Å². The molecule has 4 heteroatoms. The first-order valence-corrected chi connectivity index (χ1v) is 6.17. The average molecular weight is 230 g/mol. The number of ether oxygens (including phenoxy) is 1. The number of thiocarbonyl (C=S) groups is 1. The quantitative estimate of drug-likeness (QED) is 0.555. The molecule has 15 heavy (non-hydrogen) atoms. The van der Waals surface area contributed by atoms with E-state index in [1.807, 2.05) is 0 Å². The van der Waals surface area contributed by atoms with Crippen molar-refractivity contribution in [1.82, 2.24) is 4.90 Å². The lowest BCUT2D eigenvalue weighted by Crippen LogP contribution is -2.37. The second-order valence-electron chi connectivity index (χ2n) is 4.25. The molecular weight excluding hydrogens is 208 g/mol. The van der Waals surface area contributed by atoms with Gasteiger partial charge in [0.25, 0.3) is 0 Å². The highest BCUT2D eigenvalue weighted by Crippen LogP contribution is 2.13. The van der Waals surface area contributed by atoms with Gasteiger partial charge in [-0.3, -0.25) is 0 Å². The van der Waals surface area contributed by atoms with E-state index in [0.29, 0.717) is 11.0 Å². The Balaban J connectivity index is 2.06. The summed E-state index contributed by atoms with van der Waals surface area (Å²) in [7, 11) is 2.21. The highest BCUT2D eigenvalue weighted by Gasteiger charge is 2.17. The maximum atomic E-state index is 5.45. The summed E-state index contributed by atoms with van der Waals surface area (Å²) < 4.78 is 5.35.